The standard InChI is InChI=1S/C11H9ClN4O/c12-10-4-5-11(16-15-10)17-9-3-1-2-8(6-9)7-14-13/h1-7H,13H2. The first kappa shape index (κ1) is 11.3. The molecule has 86 valence electrons. The molecule has 0 bridgehead atoms. The molecule has 0 aliphatic carbocycles. The lowest BCUT2D eigenvalue weighted by molar-refractivity contribution is 0.455. The van der Waals surface area contributed by atoms with Gasteiger partial charge in [-0.25, -0.2) is 0 Å². The quantitative estimate of drug-likeness (QED) is 0.513. The lowest BCUT2D eigenvalue weighted by Gasteiger charge is -2.04. The summed E-state index contributed by atoms with van der Waals surface area (Å²) in [5, 5.41) is 11.2. The summed E-state index contributed by atoms with van der Waals surface area (Å²) in [6.45, 7) is 0. The van der Waals surface area contributed by atoms with Gasteiger partial charge in [0.1, 0.15) is 5.75 Å². The summed E-state index contributed by atoms with van der Waals surface area (Å²) >= 11 is 5.62. The van der Waals surface area contributed by atoms with E-state index in [1.165, 1.54) is 6.21 Å². The van der Waals surface area contributed by atoms with E-state index in [4.69, 9.17) is 22.2 Å². The number of hydrogen-bond donors (Lipinski definition) is 1. The molecule has 1 aromatic carbocycles. The maximum atomic E-state index is 5.62. The molecule has 2 rings (SSSR count). The van der Waals surface area contributed by atoms with Crippen molar-refractivity contribution in [3.05, 3.63) is 47.1 Å². The Bertz CT molecular complexity index is 527. The predicted octanol–water partition coefficient (Wildman–Crippen LogP) is 2.21. The van der Waals surface area contributed by atoms with Gasteiger partial charge < -0.3 is 10.6 Å². The van der Waals surface area contributed by atoms with Gasteiger partial charge in [-0.05, 0) is 23.8 Å². The van der Waals surface area contributed by atoms with Crippen LogP contribution in [0.15, 0.2) is 41.5 Å². The highest BCUT2D eigenvalue weighted by Crippen LogP contribution is 2.19. The van der Waals surface area contributed by atoms with Crippen molar-refractivity contribution in [2.45, 2.75) is 0 Å². The Morgan fingerprint density at radius 2 is 2.12 bits per heavy atom. The van der Waals surface area contributed by atoms with E-state index in [9.17, 15) is 0 Å². The normalized spacial score (nSPS) is 10.6. The van der Waals surface area contributed by atoms with Crippen molar-refractivity contribution in [2.75, 3.05) is 0 Å². The Balaban J connectivity index is 2.18. The SMILES string of the molecule is NN=Cc1cccc(Oc2ccc(Cl)nn2)c1. The molecule has 0 aliphatic rings. The van der Waals surface area contributed by atoms with Crippen LogP contribution in [0.5, 0.6) is 11.6 Å². The van der Waals surface area contributed by atoms with Gasteiger partial charge in [0.2, 0.25) is 5.88 Å². The lowest BCUT2D eigenvalue weighted by Crippen LogP contribution is -1.91. The van der Waals surface area contributed by atoms with E-state index in [-0.39, 0.29) is 0 Å². The van der Waals surface area contributed by atoms with E-state index in [1.807, 2.05) is 12.1 Å². The molecule has 1 heterocycles. The summed E-state index contributed by atoms with van der Waals surface area (Å²) in [5.41, 5.74) is 0.840. The molecule has 0 radical (unpaired) electrons. The fraction of sp³-hybridized carbons (Fsp3) is 0. The van der Waals surface area contributed by atoms with Gasteiger partial charge >= 0.3 is 0 Å². The Morgan fingerprint density at radius 3 is 2.82 bits per heavy atom. The molecule has 0 unspecified atom stereocenters. The third kappa shape index (κ3) is 3.15. The number of rotatable bonds is 3. The zero-order chi connectivity index (χ0) is 12.1. The highest BCUT2D eigenvalue weighted by Gasteiger charge is 2.00. The van der Waals surface area contributed by atoms with Crippen LogP contribution < -0.4 is 10.6 Å². The minimum absolute atomic E-state index is 0.321. The van der Waals surface area contributed by atoms with Crippen molar-refractivity contribution in [1.82, 2.24) is 10.2 Å². The molecule has 1 aromatic heterocycles. The Hall–Kier alpha value is -2.14. The third-order valence-corrected chi connectivity index (χ3v) is 2.11. The summed E-state index contributed by atoms with van der Waals surface area (Å²) in [5.74, 6) is 6.07. The molecular formula is C11H9ClN4O. The minimum atomic E-state index is 0.321. The lowest BCUT2D eigenvalue weighted by atomic mass is 10.2. The predicted molar refractivity (Wildman–Crippen MR) is 65.3 cm³/mol. The molecule has 5 nitrogen and oxygen atoms in total. The van der Waals surface area contributed by atoms with Crippen LogP contribution in [0.25, 0.3) is 0 Å². The van der Waals surface area contributed by atoms with Gasteiger partial charge in [-0.2, -0.15) is 5.10 Å². The van der Waals surface area contributed by atoms with Gasteiger partial charge in [0.15, 0.2) is 5.15 Å². The molecule has 0 atom stereocenters. The Morgan fingerprint density at radius 1 is 1.24 bits per heavy atom. The molecule has 2 aromatic rings. The van der Waals surface area contributed by atoms with Crippen LogP contribution in [0.3, 0.4) is 0 Å². The summed E-state index contributed by atoms with van der Waals surface area (Å²) in [6, 6.07) is 10.5. The smallest absolute Gasteiger partial charge is 0.238 e. The first-order valence-corrected chi connectivity index (χ1v) is 5.16. The summed E-state index contributed by atoms with van der Waals surface area (Å²) in [4.78, 5) is 0. The number of nitrogens with two attached hydrogens (primary N) is 1. The molecule has 0 aliphatic heterocycles. The van der Waals surface area contributed by atoms with E-state index in [1.54, 1.807) is 24.3 Å². The second-order valence-electron chi connectivity index (χ2n) is 3.15. The highest BCUT2D eigenvalue weighted by atomic mass is 35.5. The average molecular weight is 249 g/mol. The number of hydrazone groups is 1. The second-order valence-corrected chi connectivity index (χ2v) is 3.53. The maximum Gasteiger partial charge on any atom is 0.238 e. The van der Waals surface area contributed by atoms with Gasteiger partial charge in [0.25, 0.3) is 0 Å². The molecule has 0 amide bonds. The number of aromatic nitrogens is 2. The van der Waals surface area contributed by atoms with Crippen LogP contribution in [0.2, 0.25) is 5.15 Å². The van der Waals surface area contributed by atoms with Crippen LogP contribution in [0.4, 0.5) is 0 Å². The van der Waals surface area contributed by atoms with E-state index >= 15 is 0 Å². The van der Waals surface area contributed by atoms with Crippen molar-refractivity contribution >= 4 is 17.8 Å². The number of hydrogen-bond acceptors (Lipinski definition) is 5. The monoisotopic (exact) mass is 248 g/mol. The number of benzene rings is 1. The van der Waals surface area contributed by atoms with Crippen LogP contribution in [0.1, 0.15) is 5.56 Å². The van der Waals surface area contributed by atoms with E-state index in [2.05, 4.69) is 15.3 Å². The molecule has 6 heteroatoms. The number of ether oxygens (including phenoxy) is 1. The third-order valence-electron chi connectivity index (χ3n) is 1.91. The number of nitrogens with zero attached hydrogens (tertiary/aromatic N) is 3. The number of halogens is 1. The zero-order valence-corrected chi connectivity index (χ0v) is 9.50. The molecule has 17 heavy (non-hydrogen) atoms. The summed E-state index contributed by atoms with van der Waals surface area (Å²) in [7, 11) is 0. The fourth-order valence-electron chi connectivity index (χ4n) is 1.22. The minimum Gasteiger partial charge on any atom is -0.438 e. The molecule has 0 fully saturated rings. The first-order chi connectivity index (χ1) is 8.28. The van der Waals surface area contributed by atoms with Crippen LogP contribution in [0, 0.1) is 0 Å². The molecular weight excluding hydrogens is 240 g/mol. The largest absolute Gasteiger partial charge is 0.438 e. The van der Waals surface area contributed by atoms with E-state index < -0.39 is 0 Å². The van der Waals surface area contributed by atoms with Crippen molar-refractivity contribution in [3.63, 3.8) is 0 Å². The van der Waals surface area contributed by atoms with Gasteiger partial charge in [-0.3, -0.25) is 0 Å². The van der Waals surface area contributed by atoms with E-state index in [0.717, 1.165) is 5.56 Å². The van der Waals surface area contributed by atoms with Crippen molar-refractivity contribution in [3.8, 4) is 11.6 Å². The van der Waals surface area contributed by atoms with Crippen molar-refractivity contribution in [2.24, 2.45) is 10.9 Å². The molecule has 0 saturated heterocycles. The fourth-order valence-corrected chi connectivity index (χ4v) is 1.32. The van der Waals surface area contributed by atoms with Gasteiger partial charge in [0, 0.05) is 6.07 Å². The second kappa shape index (κ2) is 5.27. The van der Waals surface area contributed by atoms with Crippen LogP contribution in [-0.4, -0.2) is 16.4 Å². The molecule has 0 spiro atoms. The first-order valence-electron chi connectivity index (χ1n) is 4.78. The van der Waals surface area contributed by atoms with Gasteiger partial charge in [-0.1, -0.05) is 23.7 Å². The van der Waals surface area contributed by atoms with Crippen molar-refractivity contribution < 1.29 is 4.74 Å². The van der Waals surface area contributed by atoms with Gasteiger partial charge in [0.05, 0.1) is 6.21 Å². The van der Waals surface area contributed by atoms with Crippen molar-refractivity contribution in [1.29, 1.82) is 0 Å². The Kier molecular flexibility index (Phi) is 3.52. The van der Waals surface area contributed by atoms with Gasteiger partial charge in [-0.15, -0.1) is 10.2 Å². The maximum absolute atomic E-state index is 5.62. The van der Waals surface area contributed by atoms with E-state index in [0.29, 0.717) is 16.8 Å². The topological polar surface area (TPSA) is 73.4 Å². The van der Waals surface area contributed by atoms with Crippen LogP contribution in [-0.2, 0) is 0 Å². The molecule has 0 saturated carbocycles. The average Bonchev–Trinajstić information content (AvgIpc) is 2.33. The summed E-state index contributed by atoms with van der Waals surface area (Å²) < 4.78 is 5.49. The Labute approximate surface area is 103 Å². The zero-order valence-electron chi connectivity index (χ0n) is 8.75. The molecule has 2 N–H and O–H groups in total. The van der Waals surface area contributed by atoms with Crippen LogP contribution >= 0.6 is 11.6 Å². The summed E-state index contributed by atoms with van der Waals surface area (Å²) in [6.07, 6.45) is 1.53. The highest BCUT2D eigenvalue weighted by molar-refractivity contribution is 6.29.